The SMILES string of the molecule is COc1ccc(C#CC2CN(C(=O)OC(C)(C)C)C2)c(C(F)(F)F)c1. The molecule has 0 radical (unpaired) electrons. The molecule has 1 aliphatic heterocycles. The molecule has 2 rings (SSSR count). The third-order valence-electron chi connectivity index (χ3n) is 3.48. The van der Waals surface area contributed by atoms with Crippen LogP contribution >= 0.6 is 0 Å². The number of amides is 1. The summed E-state index contributed by atoms with van der Waals surface area (Å²) in [6, 6.07) is 3.66. The van der Waals surface area contributed by atoms with Crippen molar-refractivity contribution in [3.63, 3.8) is 0 Å². The molecule has 1 saturated heterocycles. The standard InChI is InChI=1S/C18H20F3NO3/c1-17(2,3)25-16(23)22-10-12(11-22)5-6-13-7-8-14(24-4)9-15(13)18(19,20)21/h7-9,12H,10-11H2,1-4H3. The molecule has 0 atom stereocenters. The monoisotopic (exact) mass is 355 g/mol. The first-order chi connectivity index (χ1) is 11.5. The number of ether oxygens (including phenoxy) is 2. The third-order valence-corrected chi connectivity index (χ3v) is 3.48. The highest BCUT2D eigenvalue weighted by atomic mass is 19.4. The van der Waals surface area contributed by atoms with E-state index in [2.05, 4.69) is 11.8 Å². The van der Waals surface area contributed by atoms with Crippen molar-refractivity contribution in [1.82, 2.24) is 4.90 Å². The van der Waals surface area contributed by atoms with Crippen LogP contribution in [0.1, 0.15) is 31.9 Å². The Kier molecular flexibility index (Phi) is 5.21. The van der Waals surface area contributed by atoms with E-state index in [-0.39, 0.29) is 17.2 Å². The summed E-state index contributed by atoms with van der Waals surface area (Å²) >= 11 is 0. The fraction of sp³-hybridized carbons (Fsp3) is 0.500. The highest BCUT2D eigenvalue weighted by Gasteiger charge is 2.35. The smallest absolute Gasteiger partial charge is 0.417 e. The van der Waals surface area contributed by atoms with Crippen molar-refractivity contribution >= 4 is 6.09 Å². The lowest BCUT2D eigenvalue weighted by Crippen LogP contribution is -2.51. The molecule has 1 fully saturated rings. The van der Waals surface area contributed by atoms with E-state index < -0.39 is 23.4 Å². The van der Waals surface area contributed by atoms with Crippen LogP contribution in [-0.4, -0.2) is 36.8 Å². The van der Waals surface area contributed by atoms with Gasteiger partial charge in [-0.3, -0.25) is 0 Å². The van der Waals surface area contributed by atoms with Crippen LogP contribution in [0.4, 0.5) is 18.0 Å². The van der Waals surface area contributed by atoms with Gasteiger partial charge >= 0.3 is 12.3 Å². The number of hydrogen-bond donors (Lipinski definition) is 0. The van der Waals surface area contributed by atoms with Gasteiger partial charge in [-0.25, -0.2) is 4.79 Å². The van der Waals surface area contributed by atoms with Gasteiger partial charge in [0, 0.05) is 18.7 Å². The molecule has 0 aromatic heterocycles. The number of rotatable bonds is 1. The van der Waals surface area contributed by atoms with Crippen molar-refractivity contribution in [1.29, 1.82) is 0 Å². The molecular weight excluding hydrogens is 335 g/mol. The minimum atomic E-state index is -4.51. The van der Waals surface area contributed by atoms with Crippen molar-refractivity contribution in [2.45, 2.75) is 32.5 Å². The van der Waals surface area contributed by atoms with Crippen molar-refractivity contribution in [3.05, 3.63) is 29.3 Å². The van der Waals surface area contributed by atoms with Gasteiger partial charge in [-0.1, -0.05) is 11.8 Å². The molecule has 25 heavy (non-hydrogen) atoms. The van der Waals surface area contributed by atoms with Crippen LogP contribution in [0.3, 0.4) is 0 Å². The Hall–Kier alpha value is -2.36. The van der Waals surface area contributed by atoms with Crippen molar-refractivity contribution in [2.75, 3.05) is 20.2 Å². The van der Waals surface area contributed by atoms with E-state index in [1.165, 1.54) is 24.1 Å². The number of methoxy groups -OCH3 is 1. The number of alkyl halides is 3. The zero-order valence-corrected chi connectivity index (χ0v) is 14.5. The van der Waals surface area contributed by atoms with E-state index in [0.29, 0.717) is 13.1 Å². The average molecular weight is 355 g/mol. The topological polar surface area (TPSA) is 38.8 Å². The molecular formula is C18H20F3NO3. The fourth-order valence-corrected chi connectivity index (χ4v) is 2.22. The van der Waals surface area contributed by atoms with E-state index in [0.717, 1.165) is 6.07 Å². The molecule has 136 valence electrons. The summed E-state index contributed by atoms with van der Waals surface area (Å²) in [5.41, 5.74) is -1.52. The summed E-state index contributed by atoms with van der Waals surface area (Å²) in [4.78, 5) is 13.3. The van der Waals surface area contributed by atoms with Gasteiger partial charge in [0.2, 0.25) is 0 Å². The van der Waals surface area contributed by atoms with Gasteiger partial charge in [0.15, 0.2) is 0 Å². The third kappa shape index (κ3) is 5.05. The molecule has 1 heterocycles. The first kappa shape index (κ1) is 19.0. The molecule has 4 nitrogen and oxygen atoms in total. The molecule has 0 N–H and O–H groups in total. The van der Waals surface area contributed by atoms with Gasteiger partial charge in [-0.2, -0.15) is 13.2 Å². The molecule has 0 saturated carbocycles. The lowest BCUT2D eigenvalue weighted by molar-refractivity contribution is -0.137. The number of carbonyl (C=O) groups excluding carboxylic acids is 1. The Morgan fingerprint density at radius 1 is 1.24 bits per heavy atom. The Morgan fingerprint density at radius 3 is 2.40 bits per heavy atom. The first-order valence-corrected chi connectivity index (χ1v) is 7.74. The van der Waals surface area contributed by atoms with Crippen molar-refractivity contribution < 1.29 is 27.4 Å². The largest absolute Gasteiger partial charge is 0.497 e. The first-order valence-electron chi connectivity index (χ1n) is 7.74. The number of benzene rings is 1. The molecule has 1 aromatic carbocycles. The fourth-order valence-electron chi connectivity index (χ4n) is 2.22. The molecule has 0 bridgehead atoms. The number of nitrogens with zero attached hydrogens (tertiary/aromatic N) is 1. The lowest BCUT2D eigenvalue weighted by Gasteiger charge is -2.37. The van der Waals surface area contributed by atoms with Gasteiger partial charge in [-0.15, -0.1) is 0 Å². The minimum Gasteiger partial charge on any atom is -0.497 e. The van der Waals surface area contributed by atoms with Crippen LogP contribution in [0.2, 0.25) is 0 Å². The zero-order chi connectivity index (χ0) is 18.8. The highest BCUT2D eigenvalue weighted by molar-refractivity contribution is 5.69. The summed E-state index contributed by atoms with van der Waals surface area (Å²) in [6.45, 7) is 6.00. The number of carbonyl (C=O) groups is 1. The van der Waals surface area contributed by atoms with Crippen LogP contribution in [-0.2, 0) is 10.9 Å². The Balaban J connectivity index is 2.05. The second kappa shape index (κ2) is 6.87. The average Bonchev–Trinajstić information content (AvgIpc) is 2.42. The molecule has 7 heteroatoms. The zero-order valence-electron chi connectivity index (χ0n) is 14.5. The van der Waals surface area contributed by atoms with Gasteiger partial charge in [-0.05, 0) is 39.0 Å². The molecule has 0 unspecified atom stereocenters. The van der Waals surface area contributed by atoms with E-state index in [1.807, 2.05) is 0 Å². The lowest BCUT2D eigenvalue weighted by atomic mass is 10.00. The number of likely N-dealkylation sites (tertiary alicyclic amines) is 1. The van der Waals surface area contributed by atoms with Gasteiger partial charge in [0.1, 0.15) is 11.4 Å². The second-order valence-electron chi connectivity index (χ2n) is 6.76. The van der Waals surface area contributed by atoms with Crippen LogP contribution < -0.4 is 4.74 Å². The maximum Gasteiger partial charge on any atom is 0.417 e. The van der Waals surface area contributed by atoms with E-state index in [4.69, 9.17) is 9.47 Å². The van der Waals surface area contributed by atoms with Gasteiger partial charge in [0.25, 0.3) is 0 Å². The van der Waals surface area contributed by atoms with E-state index >= 15 is 0 Å². The molecule has 1 aliphatic rings. The van der Waals surface area contributed by atoms with Crippen LogP contribution in [0, 0.1) is 17.8 Å². The molecule has 0 spiro atoms. The van der Waals surface area contributed by atoms with E-state index in [9.17, 15) is 18.0 Å². The molecule has 1 aromatic rings. The Bertz CT molecular complexity index is 705. The predicted molar refractivity (Wildman–Crippen MR) is 86.2 cm³/mol. The molecule has 1 amide bonds. The minimum absolute atomic E-state index is 0.107. The summed E-state index contributed by atoms with van der Waals surface area (Å²) in [6.07, 6.45) is -4.95. The summed E-state index contributed by atoms with van der Waals surface area (Å²) in [7, 11) is 1.31. The summed E-state index contributed by atoms with van der Waals surface area (Å²) in [5, 5.41) is 0. The van der Waals surface area contributed by atoms with E-state index in [1.54, 1.807) is 20.8 Å². The quantitative estimate of drug-likeness (QED) is 0.717. The number of hydrogen-bond acceptors (Lipinski definition) is 3. The van der Waals surface area contributed by atoms with Gasteiger partial charge in [0.05, 0.1) is 18.6 Å². The van der Waals surface area contributed by atoms with Crippen LogP contribution in [0.15, 0.2) is 18.2 Å². The number of halogens is 3. The Morgan fingerprint density at radius 2 is 1.88 bits per heavy atom. The molecule has 0 aliphatic carbocycles. The normalized spacial score (nSPS) is 15.1. The predicted octanol–water partition coefficient (Wildman–Crippen LogP) is 3.93. The van der Waals surface area contributed by atoms with Crippen molar-refractivity contribution in [3.8, 4) is 17.6 Å². The maximum atomic E-state index is 13.1. The van der Waals surface area contributed by atoms with Gasteiger partial charge < -0.3 is 14.4 Å². The van der Waals surface area contributed by atoms with Crippen molar-refractivity contribution in [2.24, 2.45) is 5.92 Å². The highest BCUT2D eigenvalue weighted by Crippen LogP contribution is 2.34. The maximum absolute atomic E-state index is 13.1. The summed E-state index contributed by atoms with van der Waals surface area (Å²) < 4.78 is 49.4. The second-order valence-corrected chi connectivity index (χ2v) is 6.76. The Labute approximate surface area is 144 Å². The summed E-state index contributed by atoms with van der Waals surface area (Å²) in [5.74, 6) is 5.32. The van der Waals surface area contributed by atoms with Crippen LogP contribution in [0.5, 0.6) is 5.75 Å². The van der Waals surface area contributed by atoms with Crippen LogP contribution in [0.25, 0.3) is 0 Å².